The van der Waals surface area contributed by atoms with Gasteiger partial charge >= 0.3 is 18.1 Å². The molecular formula is C26H29BrF3N5O8S. The lowest BCUT2D eigenvalue weighted by molar-refractivity contribution is -0.192. The highest BCUT2D eigenvalue weighted by atomic mass is 79.9. The molecule has 0 aliphatic carbocycles. The third-order valence-electron chi connectivity index (χ3n) is 6.14. The van der Waals surface area contributed by atoms with Gasteiger partial charge in [0.05, 0.1) is 18.0 Å². The molecule has 0 radical (unpaired) electrons. The number of amidine groups is 1. The van der Waals surface area contributed by atoms with E-state index in [4.69, 9.17) is 25.8 Å². The number of carboxylic acid groups (broad SMARTS) is 1. The van der Waals surface area contributed by atoms with Crippen molar-refractivity contribution >= 4 is 61.2 Å². The van der Waals surface area contributed by atoms with Gasteiger partial charge < -0.3 is 26.2 Å². The highest BCUT2D eigenvalue weighted by Crippen LogP contribution is 2.32. The number of anilines is 1. The van der Waals surface area contributed by atoms with E-state index in [0.717, 1.165) is 4.31 Å². The minimum atomic E-state index is -5.08. The molecule has 18 heteroatoms. The molecule has 0 saturated carbocycles. The smallest absolute Gasteiger partial charge is 0.475 e. The maximum atomic E-state index is 13.2. The van der Waals surface area contributed by atoms with Crippen molar-refractivity contribution in [1.29, 1.82) is 5.41 Å². The number of hydrogen-bond acceptors (Lipinski definition) is 8. The number of hydrogen-bond donors (Lipinski definition) is 5. The summed E-state index contributed by atoms with van der Waals surface area (Å²) in [6, 6.07) is 9.52. The first-order valence-electron chi connectivity index (χ1n) is 12.6. The van der Waals surface area contributed by atoms with Crippen molar-refractivity contribution in [3.63, 3.8) is 0 Å². The number of esters is 1. The maximum absolute atomic E-state index is 13.2. The van der Waals surface area contributed by atoms with Gasteiger partial charge in [-0.05, 0) is 77.7 Å². The Kier molecular flexibility index (Phi) is 12.4. The maximum Gasteiger partial charge on any atom is 0.490 e. The van der Waals surface area contributed by atoms with Crippen molar-refractivity contribution in [1.82, 2.24) is 9.62 Å². The van der Waals surface area contributed by atoms with Crippen LogP contribution in [-0.4, -0.2) is 73.3 Å². The molecule has 2 amide bonds. The average Bonchev–Trinajstić information content (AvgIpc) is 3.43. The zero-order valence-electron chi connectivity index (χ0n) is 23.3. The standard InChI is InChI=1S/C24H28BrN5O6S.C2HF3O2/c1-14(28-21(31)13-22(32)29-17-8-5-15(6-9-17)23(26)27)16-7-10-20(18(25)12-16)37(34,35)30-11-3-4-19(30)24(33)36-2;3-2(4,5)1(6)7/h5-10,12,14,19H,3-4,11,13H2,1-2H3,(H3,26,27)(H,28,31)(H,29,32);(H,6,7). The molecule has 0 aromatic heterocycles. The normalized spacial score (nSPS) is 15.7. The first kappa shape index (κ1) is 36.2. The van der Waals surface area contributed by atoms with E-state index < -0.39 is 58.5 Å². The zero-order valence-corrected chi connectivity index (χ0v) is 25.7. The number of benzene rings is 2. The molecule has 6 N–H and O–H groups in total. The minimum Gasteiger partial charge on any atom is -0.475 e. The lowest BCUT2D eigenvalue weighted by Crippen LogP contribution is -2.41. The lowest BCUT2D eigenvalue weighted by atomic mass is 10.1. The van der Waals surface area contributed by atoms with Crippen molar-refractivity contribution in [3.8, 4) is 0 Å². The molecule has 2 aromatic rings. The number of halogens is 4. The summed E-state index contributed by atoms with van der Waals surface area (Å²) in [7, 11) is -2.74. The Morgan fingerprint density at radius 3 is 2.25 bits per heavy atom. The number of nitrogens with two attached hydrogens (primary N) is 1. The fourth-order valence-electron chi connectivity index (χ4n) is 3.98. The van der Waals surface area contributed by atoms with Crippen LogP contribution in [0.2, 0.25) is 0 Å². The van der Waals surface area contributed by atoms with Gasteiger partial charge in [0.15, 0.2) is 0 Å². The first-order chi connectivity index (χ1) is 20.4. The van der Waals surface area contributed by atoms with Crippen LogP contribution in [0.25, 0.3) is 0 Å². The van der Waals surface area contributed by atoms with Gasteiger partial charge in [0, 0.05) is 22.3 Å². The summed E-state index contributed by atoms with van der Waals surface area (Å²) >= 11 is 3.31. The lowest BCUT2D eigenvalue weighted by Gasteiger charge is -2.23. The number of carbonyl (C=O) groups is 4. The molecule has 240 valence electrons. The number of methoxy groups -OCH3 is 1. The van der Waals surface area contributed by atoms with E-state index in [0.29, 0.717) is 29.7 Å². The monoisotopic (exact) mass is 707 g/mol. The predicted molar refractivity (Wildman–Crippen MR) is 154 cm³/mol. The predicted octanol–water partition coefficient (Wildman–Crippen LogP) is 2.90. The highest BCUT2D eigenvalue weighted by Gasteiger charge is 2.41. The molecule has 13 nitrogen and oxygen atoms in total. The van der Waals surface area contributed by atoms with Gasteiger partial charge in [-0.2, -0.15) is 17.5 Å². The molecular weight excluding hydrogens is 679 g/mol. The van der Waals surface area contributed by atoms with Crippen LogP contribution in [0.1, 0.15) is 43.4 Å². The summed E-state index contributed by atoms with van der Waals surface area (Å²) in [5, 5.41) is 19.8. The molecule has 2 unspecified atom stereocenters. The molecule has 1 heterocycles. The molecule has 1 aliphatic rings. The van der Waals surface area contributed by atoms with Crippen LogP contribution < -0.4 is 16.4 Å². The molecule has 2 atom stereocenters. The summed E-state index contributed by atoms with van der Waals surface area (Å²) in [5.74, 6) is -4.48. The fourth-order valence-corrected chi connectivity index (χ4v) is 6.69. The van der Waals surface area contributed by atoms with Crippen molar-refractivity contribution in [2.24, 2.45) is 5.73 Å². The molecule has 2 aromatic carbocycles. The topological polar surface area (TPSA) is 209 Å². The summed E-state index contributed by atoms with van der Waals surface area (Å²) in [4.78, 5) is 45.6. The summed E-state index contributed by atoms with van der Waals surface area (Å²) < 4.78 is 64.4. The molecule has 3 rings (SSSR count). The number of alkyl halides is 3. The Hall–Kier alpha value is -4.03. The van der Waals surface area contributed by atoms with Gasteiger partial charge in [-0.15, -0.1) is 0 Å². The van der Waals surface area contributed by atoms with Gasteiger partial charge in [-0.25, -0.2) is 13.2 Å². The van der Waals surface area contributed by atoms with Crippen LogP contribution in [0, 0.1) is 5.41 Å². The highest BCUT2D eigenvalue weighted by molar-refractivity contribution is 9.10. The SMILES string of the molecule is COC(=O)C1CCCN1S(=O)(=O)c1ccc(C(C)NC(=O)CC(=O)Nc2ccc(C(=N)N)cc2)cc1Br.O=C(O)C(F)(F)F. The molecule has 1 fully saturated rings. The van der Waals surface area contributed by atoms with E-state index in [-0.39, 0.29) is 21.7 Å². The Morgan fingerprint density at radius 2 is 1.75 bits per heavy atom. The number of rotatable bonds is 9. The number of ether oxygens (including phenoxy) is 1. The van der Waals surface area contributed by atoms with Crippen molar-refractivity contribution in [3.05, 3.63) is 58.1 Å². The number of nitrogens with zero attached hydrogens (tertiary/aromatic N) is 1. The summed E-state index contributed by atoms with van der Waals surface area (Å²) in [6.07, 6.45) is -4.56. The number of carboxylic acids is 1. The third-order valence-corrected chi connectivity index (χ3v) is 9.03. The van der Waals surface area contributed by atoms with Gasteiger partial charge in [0.2, 0.25) is 21.8 Å². The molecule has 0 spiro atoms. The molecule has 44 heavy (non-hydrogen) atoms. The van der Waals surface area contributed by atoms with Gasteiger partial charge in [-0.1, -0.05) is 6.07 Å². The van der Waals surface area contributed by atoms with Crippen LogP contribution in [0.15, 0.2) is 51.8 Å². The third kappa shape index (κ3) is 9.75. The quantitative estimate of drug-likeness (QED) is 0.112. The Balaban J connectivity index is 0.000000860. The van der Waals surface area contributed by atoms with E-state index in [9.17, 15) is 36.0 Å². The first-order valence-corrected chi connectivity index (χ1v) is 14.8. The van der Waals surface area contributed by atoms with E-state index in [1.807, 2.05) is 0 Å². The van der Waals surface area contributed by atoms with E-state index >= 15 is 0 Å². The van der Waals surface area contributed by atoms with Crippen LogP contribution in [-0.2, 0) is 33.9 Å². The largest absolute Gasteiger partial charge is 0.490 e. The molecule has 0 bridgehead atoms. The van der Waals surface area contributed by atoms with Crippen molar-refractivity contribution < 1.29 is 50.6 Å². The van der Waals surface area contributed by atoms with Crippen molar-refractivity contribution in [2.45, 2.75) is 49.3 Å². The van der Waals surface area contributed by atoms with Gasteiger partial charge in [-0.3, -0.25) is 19.8 Å². The average molecular weight is 709 g/mol. The van der Waals surface area contributed by atoms with Crippen LogP contribution in [0.3, 0.4) is 0 Å². The minimum absolute atomic E-state index is 0.000693. The number of amides is 2. The second kappa shape index (κ2) is 15.1. The zero-order chi connectivity index (χ0) is 33.4. The molecule has 1 aliphatic heterocycles. The van der Waals surface area contributed by atoms with Gasteiger partial charge in [0.25, 0.3) is 0 Å². The van der Waals surface area contributed by atoms with Crippen LogP contribution in [0.4, 0.5) is 18.9 Å². The number of nitrogens with one attached hydrogen (secondary N) is 3. The van der Waals surface area contributed by atoms with E-state index in [2.05, 4.69) is 26.6 Å². The van der Waals surface area contributed by atoms with Crippen molar-refractivity contribution in [2.75, 3.05) is 19.0 Å². The second-order valence-electron chi connectivity index (χ2n) is 9.29. The Bertz CT molecular complexity index is 1520. The second-order valence-corrected chi connectivity index (χ2v) is 12.0. The molecule has 1 saturated heterocycles. The number of sulfonamides is 1. The van der Waals surface area contributed by atoms with Crippen LogP contribution >= 0.6 is 15.9 Å². The summed E-state index contributed by atoms with van der Waals surface area (Å²) in [5.41, 5.74) is 7.00. The van der Waals surface area contributed by atoms with E-state index in [1.54, 1.807) is 43.3 Å². The fraction of sp³-hybridized carbons (Fsp3) is 0.346. The number of aliphatic carboxylic acids is 1. The van der Waals surface area contributed by atoms with Crippen LogP contribution in [0.5, 0.6) is 0 Å². The Morgan fingerprint density at radius 1 is 1.16 bits per heavy atom. The number of nitrogen functional groups attached to an aromatic ring is 1. The van der Waals surface area contributed by atoms with E-state index in [1.165, 1.54) is 13.2 Å². The van der Waals surface area contributed by atoms with Gasteiger partial charge in [0.1, 0.15) is 18.3 Å². The Labute approximate surface area is 258 Å². The number of carbonyl (C=O) groups excluding carboxylic acids is 3. The summed E-state index contributed by atoms with van der Waals surface area (Å²) in [6.45, 7) is 1.92.